The molecule has 2 aliphatic rings. The molecule has 2 fully saturated rings. The number of piperidine rings is 1. The Morgan fingerprint density at radius 1 is 1.26 bits per heavy atom. The molecule has 1 unspecified atom stereocenters. The van der Waals surface area contributed by atoms with Gasteiger partial charge in [-0.05, 0) is 44.0 Å². The fraction of sp³-hybridized carbons (Fsp3) is 0.667. The van der Waals surface area contributed by atoms with Crippen molar-refractivity contribution in [1.29, 1.82) is 0 Å². The highest BCUT2D eigenvalue weighted by molar-refractivity contribution is 5.43. The van der Waals surface area contributed by atoms with E-state index in [4.69, 9.17) is 0 Å². The number of rotatable bonds is 3. The third kappa shape index (κ3) is 3.45. The Morgan fingerprint density at radius 2 is 2.16 bits per heavy atom. The van der Waals surface area contributed by atoms with E-state index in [1.54, 1.807) is 0 Å². The van der Waals surface area contributed by atoms with Gasteiger partial charge in [-0.15, -0.1) is 0 Å². The molecule has 0 aromatic carbocycles. The Balaban J connectivity index is 1.46. The molecule has 0 amide bonds. The molecule has 0 spiro atoms. The maximum Gasteiger partial charge on any atom is 0.0553 e. The van der Waals surface area contributed by atoms with Crippen LogP contribution in [0.4, 0.5) is 5.69 Å². The van der Waals surface area contributed by atoms with Crippen LogP contribution >= 0.6 is 0 Å². The third-order valence-corrected chi connectivity index (χ3v) is 4.30. The fourth-order valence-electron chi connectivity index (χ4n) is 3.17. The van der Waals surface area contributed by atoms with Crippen molar-refractivity contribution < 1.29 is 0 Å². The first-order valence-corrected chi connectivity index (χ1v) is 7.50. The summed E-state index contributed by atoms with van der Waals surface area (Å²) in [6.07, 6.45) is 6.56. The Labute approximate surface area is 115 Å². The van der Waals surface area contributed by atoms with Crippen LogP contribution in [-0.4, -0.2) is 55.7 Å². The highest BCUT2D eigenvalue weighted by Crippen LogP contribution is 2.17. The van der Waals surface area contributed by atoms with Gasteiger partial charge in [0.25, 0.3) is 0 Å². The summed E-state index contributed by atoms with van der Waals surface area (Å²) in [4.78, 5) is 9.29. The second-order valence-corrected chi connectivity index (χ2v) is 5.71. The molecule has 2 saturated heterocycles. The summed E-state index contributed by atoms with van der Waals surface area (Å²) >= 11 is 0. The second kappa shape index (κ2) is 6.35. The molecule has 1 atom stereocenters. The Kier molecular flexibility index (Phi) is 4.30. The van der Waals surface area contributed by atoms with Gasteiger partial charge in [0.1, 0.15) is 0 Å². The second-order valence-electron chi connectivity index (χ2n) is 5.71. The lowest BCUT2D eigenvalue weighted by Crippen LogP contribution is -2.49. The molecular weight excluding hydrogens is 236 g/mol. The summed E-state index contributed by atoms with van der Waals surface area (Å²) in [5, 5.41) is 3.51. The van der Waals surface area contributed by atoms with E-state index in [1.165, 1.54) is 51.3 Å². The van der Waals surface area contributed by atoms with E-state index < -0.39 is 0 Å². The van der Waals surface area contributed by atoms with Crippen LogP contribution in [0.3, 0.4) is 0 Å². The molecule has 2 aliphatic heterocycles. The number of hydrogen-bond acceptors (Lipinski definition) is 4. The van der Waals surface area contributed by atoms with Crippen LogP contribution in [0.1, 0.15) is 12.8 Å². The van der Waals surface area contributed by atoms with Crippen molar-refractivity contribution in [2.75, 3.05) is 50.7 Å². The highest BCUT2D eigenvalue weighted by atomic mass is 15.3. The Morgan fingerprint density at radius 3 is 2.84 bits per heavy atom. The van der Waals surface area contributed by atoms with Crippen molar-refractivity contribution in [1.82, 2.24) is 15.2 Å². The first-order chi connectivity index (χ1) is 9.42. The van der Waals surface area contributed by atoms with Gasteiger partial charge in [0.05, 0.1) is 11.9 Å². The Bertz CT molecular complexity index is 367. The lowest BCUT2D eigenvalue weighted by atomic mass is 9.99. The van der Waals surface area contributed by atoms with Gasteiger partial charge in [-0.1, -0.05) is 0 Å². The molecule has 0 radical (unpaired) electrons. The van der Waals surface area contributed by atoms with Crippen LogP contribution in [0.5, 0.6) is 0 Å². The monoisotopic (exact) mass is 260 g/mol. The van der Waals surface area contributed by atoms with Crippen molar-refractivity contribution in [2.24, 2.45) is 5.92 Å². The molecule has 4 heteroatoms. The van der Waals surface area contributed by atoms with Crippen molar-refractivity contribution in [2.45, 2.75) is 12.8 Å². The molecular formula is C15H24N4. The SMILES string of the molecule is c1cncc(N2CCN(CC3CCCNC3)CC2)c1. The number of nitrogens with zero attached hydrogens (tertiary/aromatic N) is 3. The van der Waals surface area contributed by atoms with Gasteiger partial charge < -0.3 is 10.2 Å². The molecule has 0 aliphatic carbocycles. The molecule has 1 N–H and O–H groups in total. The largest absolute Gasteiger partial charge is 0.368 e. The zero-order chi connectivity index (χ0) is 12.9. The number of piperazine rings is 1. The summed E-state index contributed by atoms with van der Waals surface area (Å²) in [6, 6.07) is 4.18. The minimum absolute atomic E-state index is 0.860. The first kappa shape index (κ1) is 12.9. The minimum atomic E-state index is 0.860. The van der Waals surface area contributed by atoms with Crippen LogP contribution in [0.2, 0.25) is 0 Å². The molecule has 1 aromatic heterocycles. The molecule has 19 heavy (non-hydrogen) atoms. The number of hydrogen-bond donors (Lipinski definition) is 1. The number of nitrogens with one attached hydrogen (secondary N) is 1. The molecule has 3 rings (SSSR count). The van der Waals surface area contributed by atoms with E-state index in [-0.39, 0.29) is 0 Å². The smallest absolute Gasteiger partial charge is 0.0553 e. The van der Waals surface area contributed by atoms with E-state index in [0.717, 1.165) is 19.0 Å². The van der Waals surface area contributed by atoms with E-state index in [2.05, 4.69) is 26.2 Å². The van der Waals surface area contributed by atoms with E-state index >= 15 is 0 Å². The van der Waals surface area contributed by atoms with Crippen LogP contribution in [-0.2, 0) is 0 Å². The lowest BCUT2D eigenvalue weighted by molar-refractivity contribution is 0.199. The van der Waals surface area contributed by atoms with Gasteiger partial charge in [-0.25, -0.2) is 0 Å². The van der Waals surface area contributed by atoms with Crippen molar-refractivity contribution in [3.63, 3.8) is 0 Å². The maximum absolute atomic E-state index is 4.21. The topological polar surface area (TPSA) is 31.4 Å². The number of anilines is 1. The van der Waals surface area contributed by atoms with Gasteiger partial charge in [0, 0.05) is 38.9 Å². The third-order valence-electron chi connectivity index (χ3n) is 4.30. The van der Waals surface area contributed by atoms with Crippen molar-refractivity contribution in [3.05, 3.63) is 24.5 Å². The number of pyridine rings is 1. The fourth-order valence-corrected chi connectivity index (χ4v) is 3.17. The predicted octanol–water partition coefficient (Wildman–Crippen LogP) is 1.20. The zero-order valence-electron chi connectivity index (χ0n) is 11.6. The van der Waals surface area contributed by atoms with Gasteiger partial charge in [-0.2, -0.15) is 0 Å². The van der Waals surface area contributed by atoms with Crippen LogP contribution in [0, 0.1) is 5.92 Å². The summed E-state index contributed by atoms with van der Waals surface area (Å²) in [5.41, 5.74) is 1.27. The van der Waals surface area contributed by atoms with Crippen LogP contribution in [0.15, 0.2) is 24.5 Å². The number of aromatic nitrogens is 1. The quantitative estimate of drug-likeness (QED) is 0.885. The Hall–Kier alpha value is -1.13. The normalized spacial score (nSPS) is 25.5. The molecule has 0 bridgehead atoms. The van der Waals surface area contributed by atoms with Crippen LogP contribution < -0.4 is 10.2 Å². The standard InChI is InChI=1S/C15H24N4/c1-3-14(11-16-5-1)13-18-7-9-19(10-8-18)15-4-2-6-17-12-15/h2,4,6,12,14,16H,1,3,5,7-11,13H2. The highest BCUT2D eigenvalue weighted by Gasteiger charge is 2.21. The molecule has 0 saturated carbocycles. The summed E-state index contributed by atoms with van der Waals surface area (Å²) < 4.78 is 0. The average Bonchev–Trinajstić information content (AvgIpc) is 2.50. The van der Waals surface area contributed by atoms with Crippen LogP contribution in [0.25, 0.3) is 0 Å². The lowest BCUT2D eigenvalue weighted by Gasteiger charge is -2.38. The minimum Gasteiger partial charge on any atom is -0.368 e. The molecule has 4 nitrogen and oxygen atoms in total. The van der Waals surface area contributed by atoms with Crippen molar-refractivity contribution >= 4 is 5.69 Å². The van der Waals surface area contributed by atoms with Gasteiger partial charge in [0.2, 0.25) is 0 Å². The summed E-state index contributed by atoms with van der Waals surface area (Å²) in [5.74, 6) is 0.860. The molecule has 104 valence electrons. The summed E-state index contributed by atoms with van der Waals surface area (Å²) in [7, 11) is 0. The zero-order valence-corrected chi connectivity index (χ0v) is 11.6. The first-order valence-electron chi connectivity index (χ1n) is 7.50. The molecule has 3 heterocycles. The maximum atomic E-state index is 4.21. The average molecular weight is 260 g/mol. The van der Waals surface area contributed by atoms with E-state index in [9.17, 15) is 0 Å². The van der Waals surface area contributed by atoms with Gasteiger partial charge in [0.15, 0.2) is 0 Å². The summed E-state index contributed by atoms with van der Waals surface area (Å²) in [6.45, 7) is 8.33. The van der Waals surface area contributed by atoms with Gasteiger partial charge >= 0.3 is 0 Å². The predicted molar refractivity (Wildman–Crippen MR) is 78.5 cm³/mol. The van der Waals surface area contributed by atoms with E-state index in [1.807, 2.05) is 18.5 Å². The van der Waals surface area contributed by atoms with Gasteiger partial charge in [-0.3, -0.25) is 9.88 Å². The molecule has 1 aromatic rings. The van der Waals surface area contributed by atoms with Crippen molar-refractivity contribution in [3.8, 4) is 0 Å². The van der Waals surface area contributed by atoms with E-state index in [0.29, 0.717) is 0 Å².